The van der Waals surface area contributed by atoms with Crippen molar-refractivity contribution in [1.29, 1.82) is 0 Å². The minimum Gasteiger partial charge on any atom is -0.325 e. The lowest BCUT2D eigenvalue weighted by atomic mass is 10.4. The van der Waals surface area contributed by atoms with Gasteiger partial charge in [0.1, 0.15) is 0 Å². The van der Waals surface area contributed by atoms with E-state index in [0.717, 1.165) is 38.0 Å². The van der Waals surface area contributed by atoms with Crippen LogP contribution in [0, 0.1) is 11.8 Å². The Kier molecular flexibility index (Phi) is 2.18. The second kappa shape index (κ2) is 3.20. The quantitative estimate of drug-likeness (QED) is 0.633. The first-order chi connectivity index (χ1) is 6.26. The van der Waals surface area contributed by atoms with E-state index in [2.05, 4.69) is 0 Å². The lowest BCUT2D eigenvalue weighted by Crippen LogP contribution is -2.42. The average molecular weight is 182 g/mol. The predicted molar refractivity (Wildman–Crippen MR) is 51.5 cm³/mol. The van der Waals surface area contributed by atoms with Crippen molar-refractivity contribution in [3.63, 3.8) is 0 Å². The van der Waals surface area contributed by atoms with Crippen LogP contribution in [-0.4, -0.2) is 42.0 Å². The molecule has 2 aliphatic rings. The molecule has 2 fully saturated rings. The largest absolute Gasteiger partial charge is 0.325 e. The first-order valence-electron chi connectivity index (χ1n) is 5.30. The van der Waals surface area contributed by atoms with Gasteiger partial charge in [0.25, 0.3) is 0 Å². The van der Waals surface area contributed by atoms with Gasteiger partial charge < -0.3 is 9.80 Å². The molecule has 2 amide bonds. The molecule has 0 aromatic rings. The number of nitrogens with zero attached hydrogens (tertiary/aromatic N) is 2. The molecule has 1 saturated heterocycles. The van der Waals surface area contributed by atoms with Crippen molar-refractivity contribution < 1.29 is 4.79 Å². The Morgan fingerprint density at radius 2 is 1.85 bits per heavy atom. The van der Waals surface area contributed by atoms with E-state index >= 15 is 0 Å². The van der Waals surface area contributed by atoms with Crippen molar-refractivity contribution in [2.45, 2.75) is 20.3 Å². The van der Waals surface area contributed by atoms with Gasteiger partial charge in [0.15, 0.2) is 0 Å². The monoisotopic (exact) mass is 182 g/mol. The fourth-order valence-electron chi connectivity index (χ4n) is 2.25. The Morgan fingerprint density at radius 3 is 2.31 bits per heavy atom. The maximum Gasteiger partial charge on any atom is 0.319 e. The molecule has 0 radical (unpaired) electrons. The molecular weight excluding hydrogens is 164 g/mol. The molecule has 13 heavy (non-hydrogen) atoms. The molecular formula is C10H18N2O. The van der Waals surface area contributed by atoms with E-state index in [1.54, 1.807) is 0 Å². The molecule has 1 aliphatic heterocycles. The number of piperidine rings is 1. The fourth-order valence-corrected chi connectivity index (χ4v) is 2.25. The molecule has 1 aliphatic carbocycles. The van der Waals surface area contributed by atoms with Crippen LogP contribution in [0.2, 0.25) is 0 Å². The summed E-state index contributed by atoms with van der Waals surface area (Å²) in [4.78, 5) is 15.8. The maximum atomic E-state index is 11.8. The third-order valence-electron chi connectivity index (χ3n) is 3.28. The van der Waals surface area contributed by atoms with Gasteiger partial charge in [-0.25, -0.2) is 4.79 Å². The van der Waals surface area contributed by atoms with Gasteiger partial charge in [0, 0.05) is 26.2 Å². The Bertz CT molecular complexity index is 203. The van der Waals surface area contributed by atoms with Gasteiger partial charge in [0.2, 0.25) is 0 Å². The van der Waals surface area contributed by atoms with Gasteiger partial charge in [-0.15, -0.1) is 0 Å². The van der Waals surface area contributed by atoms with Crippen molar-refractivity contribution in [2.24, 2.45) is 11.8 Å². The Morgan fingerprint density at radius 1 is 1.31 bits per heavy atom. The van der Waals surface area contributed by atoms with Crippen LogP contribution >= 0.6 is 0 Å². The zero-order valence-corrected chi connectivity index (χ0v) is 8.49. The summed E-state index contributed by atoms with van der Waals surface area (Å²) in [6, 6.07) is 0.247. The van der Waals surface area contributed by atoms with Crippen LogP contribution in [0.1, 0.15) is 20.3 Å². The third-order valence-corrected chi connectivity index (χ3v) is 3.28. The average Bonchev–Trinajstić information content (AvgIpc) is 2.75. The van der Waals surface area contributed by atoms with E-state index in [9.17, 15) is 4.79 Å². The summed E-state index contributed by atoms with van der Waals surface area (Å²) in [5.41, 5.74) is 0. The molecule has 1 saturated carbocycles. The number of amides is 2. The van der Waals surface area contributed by atoms with Crippen molar-refractivity contribution in [1.82, 2.24) is 9.80 Å². The van der Waals surface area contributed by atoms with Crippen LogP contribution in [0.4, 0.5) is 4.79 Å². The molecule has 2 unspecified atom stereocenters. The molecule has 1 heterocycles. The molecule has 0 N–H and O–H groups in total. The van der Waals surface area contributed by atoms with Crippen molar-refractivity contribution in [2.75, 3.05) is 26.2 Å². The van der Waals surface area contributed by atoms with Crippen LogP contribution in [0.3, 0.4) is 0 Å². The van der Waals surface area contributed by atoms with Crippen LogP contribution in [0.25, 0.3) is 0 Å². The molecule has 0 aromatic heterocycles. The minimum atomic E-state index is 0.247. The molecule has 3 heteroatoms. The lowest BCUT2D eigenvalue weighted by molar-refractivity contribution is 0.163. The zero-order valence-electron chi connectivity index (χ0n) is 8.49. The topological polar surface area (TPSA) is 23.6 Å². The van der Waals surface area contributed by atoms with Gasteiger partial charge in [-0.05, 0) is 32.1 Å². The molecule has 2 rings (SSSR count). The summed E-state index contributed by atoms with van der Waals surface area (Å²) in [5, 5.41) is 0. The van der Waals surface area contributed by atoms with Crippen molar-refractivity contribution in [3.05, 3.63) is 0 Å². The highest BCUT2D eigenvalue weighted by Crippen LogP contribution is 2.45. The highest BCUT2D eigenvalue weighted by atomic mass is 16.2. The SMILES string of the molecule is CCN(CC)C(=O)N1CC2CC2C1. The molecule has 0 aromatic carbocycles. The summed E-state index contributed by atoms with van der Waals surface area (Å²) >= 11 is 0. The van der Waals surface area contributed by atoms with Crippen LogP contribution in [0.15, 0.2) is 0 Å². The van der Waals surface area contributed by atoms with Crippen LogP contribution in [0.5, 0.6) is 0 Å². The zero-order chi connectivity index (χ0) is 9.42. The smallest absolute Gasteiger partial charge is 0.319 e. The number of carbonyl (C=O) groups is 1. The highest BCUT2D eigenvalue weighted by molar-refractivity contribution is 5.75. The third kappa shape index (κ3) is 1.52. The second-order valence-corrected chi connectivity index (χ2v) is 4.12. The van der Waals surface area contributed by atoms with Gasteiger partial charge in [-0.3, -0.25) is 0 Å². The summed E-state index contributed by atoms with van der Waals surface area (Å²) < 4.78 is 0. The normalized spacial score (nSPS) is 30.2. The summed E-state index contributed by atoms with van der Waals surface area (Å²) in [6.07, 6.45) is 1.36. The summed E-state index contributed by atoms with van der Waals surface area (Å²) in [5.74, 6) is 1.69. The molecule has 0 bridgehead atoms. The fraction of sp³-hybridized carbons (Fsp3) is 0.900. The van der Waals surface area contributed by atoms with E-state index in [1.165, 1.54) is 6.42 Å². The lowest BCUT2D eigenvalue weighted by Gasteiger charge is -2.26. The first-order valence-corrected chi connectivity index (χ1v) is 5.30. The van der Waals surface area contributed by atoms with E-state index in [0.29, 0.717) is 0 Å². The van der Waals surface area contributed by atoms with Gasteiger partial charge in [0.05, 0.1) is 0 Å². The van der Waals surface area contributed by atoms with Crippen LogP contribution in [-0.2, 0) is 0 Å². The molecule has 3 nitrogen and oxygen atoms in total. The number of hydrogen-bond donors (Lipinski definition) is 0. The predicted octanol–water partition coefficient (Wildman–Crippen LogP) is 1.40. The Balaban J connectivity index is 1.89. The first kappa shape index (κ1) is 8.85. The number of rotatable bonds is 2. The highest BCUT2D eigenvalue weighted by Gasteiger charge is 2.47. The molecule has 0 spiro atoms. The van der Waals surface area contributed by atoms with E-state index in [-0.39, 0.29) is 6.03 Å². The van der Waals surface area contributed by atoms with Gasteiger partial charge >= 0.3 is 6.03 Å². The second-order valence-electron chi connectivity index (χ2n) is 4.12. The number of urea groups is 1. The summed E-state index contributed by atoms with van der Waals surface area (Å²) in [6.45, 7) is 7.78. The molecule has 2 atom stereocenters. The molecule has 74 valence electrons. The van der Waals surface area contributed by atoms with Crippen molar-refractivity contribution in [3.8, 4) is 0 Å². The van der Waals surface area contributed by atoms with Gasteiger partial charge in [-0.1, -0.05) is 0 Å². The number of likely N-dealkylation sites (tertiary alicyclic amines) is 1. The van der Waals surface area contributed by atoms with E-state index in [4.69, 9.17) is 0 Å². The Hall–Kier alpha value is -0.730. The minimum absolute atomic E-state index is 0.247. The number of carbonyl (C=O) groups excluding carboxylic acids is 1. The number of hydrogen-bond acceptors (Lipinski definition) is 1. The van der Waals surface area contributed by atoms with Crippen molar-refractivity contribution >= 4 is 6.03 Å². The maximum absolute atomic E-state index is 11.8. The van der Waals surface area contributed by atoms with E-state index in [1.807, 2.05) is 23.6 Å². The number of fused-ring (bicyclic) bond motifs is 1. The van der Waals surface area contributed by atoms with E-state index < -0.39 is 0 Å². The standard InChI is InChI=1S/C10H18N2O/c1-3-11(4-2)10(13)12-6-8-5-9(8)7-12/h8-9H,3-7H2,1-2H3. The summed E-state index contributed by atoms with van der Waals surface area (Å²) in [7, 11) is 0. The van der Waals surface area contributed by atoms with Crippen LogP contribution < -0.4 is 0 Å². The van der Waals surface area contributed by atoms with Gasteiger partial charge in [-0.2, -0.15) is 0 Å². The Labute approximate surface area is 79.7 Å².